The number of thiazole rings is 1. The van der Waals surface area contributed by atoms with Crippen LogP contribution < -0.4 is 5.32 Å². The third-order valence-electron chi connectivity index (χ3n) is 3.01. The SMILES string of the molecule is CNC(C)Cc1cnc(-c2ccc(C(F)(F)F)cc2)s1. The molecule has 6 heteroatoms. The van der Waals surface area contributed by atoms with Gasteiger partial charge in [0.05, 0.1) is 5.56 Å². The Morgan fingerprint density at radius 1 is 1.25 bits per heavy atom. The van der Waals surface area contributed by atoms with Crippen molar-refractivity contribution in [2.24, 2.45) is 0 Å². The van der Waals surface area contributed by atoms with Crippen molar-refractivity contribution in [2.45, 2.75) is 25.6 Å². The lowest BCUT2D eigenvalue weighted by Gasteiger charge is -2.07. The van der Waals surface area contributed by atoms with Crippen LogP contribution in [0.2, 0.25) is 0 Å². The number of aromatic nitrogens is 1. The third kappa shape index (κ3) is 3.58. The first-order chi connectivity index (χ1) is 9.40. The van der Waals surface area contributed by atoms with E-state index in [9.17, 15) is 13.2 Å². The van der Waals surface area contributed by atoms with Gasteiger partial charge in [-0.1, -0.05) is 12.1 Å². The Bertz CT molecular complexity index is 561. The van der Waals surface area contributed by atoms with Gasteiger partial charge < -0.3 is 5.32 Å². The number of hydrogen-bond acceptors (Lipinski definition) is 3. The van der Waals surface area contributed by atoms with Crippen molar-refractivity contribution in [3.05, 3.63) is 40.9 Å². The number of benzene rings is 1. The second kappa shape index (κ2) is 5.93. The third-order valence-corrected chi connectivity index (χ3v) is 4.08. The lowest BCUT2D eigenvalue weighted by molar-refractivity contribution is -0.137. The minimum Gasteiger partial charge on any atom is -0.317 e. The molecule has 0 aliphatic rings. The normalized spacial score (nSPS) is 13.4. The molecule has 108 valence electrons. The first-order valence-corrected chi connectivity index (χ1v) is 7.01. The highest BCUT2D eigenvalue weighted by Crippen LogP contribution is 2.32. The number of halogens is 3. The summed E-state index contributed by atoms with van der Waals surface area (Å²) < 4.78 is 37.5. The van der Waals surface area contributed by atoms with E-state index in [0.717, 1.165) is 28.4 Å². The highest BCUT2D eigenvalue weighted by Gasteiger charge is 2.30. The second-order valence-corrected chi connectivity index (χ2v) is 5.72. The Labute approximate surface area is 119 Å². The fourth-order valence-electron chi connectivity index (χ4n) is 1.74. The van der Waals surface area contributed by atoms with E-state index in [4.69, 9.17) is 0 Å². The molecule has 0 amide bonds. The summed E-state index contributed by atoms with van der Waals surface area (Å²) in [6.45, 7) is 2.07. The van der Waals surface area contributed by atoms with Crippen LogP contribution in [0.25, 0.3) is 10.6 Å². The largest absolute Gasteiger partial charge is 0.416 e. The number of alkyl halides is 3. The summed E-state index contributed by atoms with van der Waals surface area (Å²) >= 11 is 1.51. The van der Waals surface area contributed by atoms with Gasteiger partial charge in [-0.15, -0.1) is 11.3 Å². The molecule has 0 saturated heterocycles. The molecule has 0 bridgehead atoms. The molecule has 2 nitrogen and oxygen atoms in total. The predicted octanol–water partition coefficient (Wildman–Crippen LogP) is 3.98. The first-order valence-electron chi connectivity index (χ1n) is 6.19. The number of rotatable bonds is 4. The van der Waals surface area contributed by atoms with Crippen molar-refractivity contribution in [3.63, 3.8) is 0 Å². The maximum atomic E-state index is 12.5. The van der Waals surface area contributed by atoms with Crippen molar-refractivity contribution in [2.75, 3.05) is 7.05 Å². The Kier molecular flexibility index (Phi) is 4.45. The molecular weight excluding hydrogens is 285 g/mol. The molecule has 1 heterocycles. The van der Waals surface area contributed by atoms with Gasteiger partial charge in [-0.25, -0.2) is 4.98 Å². The molecule has 2 aromatic rings. The summed E-state index contributed by atoms with van der Waals surface area (Å²) in [6.07, 6.45) is -1.66. The summed E-state index contributed by atoms with van der Waals surface area (Å²) in [5.41, 5.74) is 0.0770. The van der Waals surface area contributed by atoms with Gasteiger partial charge in [-0.05, 0) is 32.5 Å². The van der Waals surface area contributed by atoms with E-state index in [1.165, 1.54) is 23.5 Å². The second-order valence-electron chi connectivity index (χ2n) is 4.60. The average Bonchev–Trinajstić information content (AvgIpc) is 2.86. The zero-order valence-electron chi connectivity index (χ0n) is 11.2. The maximum Gasteiger partial charge on any atom is 0.416 e. The van der Waals surface area contributed by atoms with E-state index < -0.39 is 11.7 Å². The number of likely N-dealkylation sites (N-methyl/N-ethyl adjacent to an activating group) is 1. The quantitative estimate of drug-likeness (QED) is 0.924. The highest BCUT2D eigenvalue weighted by atomic mass is 32.1. The highest BCUT2D eigenvalue weighted by molar-refractivity contribution is 7.15. The van der Waals surface area contributed by atoms with Crippen molar-refractivity contribution in [1.29, 1.82) is 0 Å². The summed E-state index contributed by atoms with van der Waals surface area (Å²) in [4.78, 5) is 5.39. The van der Waals surface area contributed by atoms with Crippen molar-refractivity contribution < 1.29 is 13.2 Å². The summed E-state index contributed by atoms with van der Waals surface area (Å²) in [6, 6.07) is 5.45. The molecule has 20 heavy (non-hydrogen) atoms. The molecule has 0 aliphatic heterocycles. The van der Waals surface area contributed by atoms with Crippen LogP contribution in [0, 0.1) is 0 Å². The number of nitrogens with one attached hydrogen (secondary N) is 1. The molecular formula is C14H15F3N2S. The van der Waals surface area contributed by atoms with Crippen LogP contribution in [0.5, 0.6) is 0 Å². The van der Waals surface area contributed by atoms with Gasteiger partial charge in [-0.3, -0.25) is 0 Å². The predicted molar refractivity (Wildman–Crippen MR) is 74.8 cm³/mol. The number of nitrogens with zero attached hydrogens (tertiary/aromatic N) is 1. The maximum absolute atomic E-state index is 12.5. The van der Waals surface area contributed by atoms with Crippen molar-refractivity contribution >= 4 is 11.3 Å². The van der Waals surface area contributed by atoms with Gasteiger partial charge in [0.2, 0.25) is 0 Å². The summed E-state index contributed by atoms with van der Waals surface area (Å²) in [7, 11) is 1.89. The topological polar surface area (TPSA) is 24.9 Å². The van der Waals surface area contributed by atoms with Crippen LogP contribution in [-0.2, 0) is 12.6 Å². The standard InChI is InChI=1S/C14H15F3N2S/c1-9(18-2)7-12-8-19-13(20-12)10-3-5-11(6-4-10)14(15,16)17/h3-6,8-9,18H,7H2,1-2H3. The van der Waals surface area contributed by atoms with Gasteiger partial charge in [0, 0.05) is 22.7 Å². The Balaban J connectivity index is 2.16. The van der Waals surface area contributed by atoms with Crippen LogP contribution >= 0.6 is 11.3 Å². The Morgan fingerprint density at radius 3 is 2.45 bits per heavy atom. The van der Waals surface area contributed by atoms with E-state index in [2.05, 4.69) is 17.2 Å². The minimum absolute atomic E-state index is 0.343. The van der Waals surface area contributed by atoms with E-state index in [1.807, 2.05) is 7.05 Å². The molecule has 1 N–H and O–H groups in total. The molecule has 1 unspecified atom stereocenters. The van der Waals surface area contributed by atoms with Gasteiger partial charge in [-0.2, -0.15) is 13.2 Å². The lowest BCUT2D eigenvalue weighted by atomic mass is 10.1. The molecule has 0 radical (unpaired) electrons. The first kappa shape index (κ1) is 15.0. The summed E-state index contributed by atoms with van der Waals surface area (Å²) in [5, 5.41) is 3.89. The zero-order valence-corrected chi connectivity index (χ0v) is 12.0. The molecule has 0 aliphatic carbocycles. The van der Waals surface area contributed by atoms with E-state index in [0.29, 0.717) is 11.6 Å². The molecule has 2 rings (SSSR count). The lowest BCUT2D eigenvalue weighted by Crippen LogP contribution is -2.22. The van der Waals surface area contributed by atoms with Crippen molar-refractivity contribution in [1.82, 2.24) is 10.3 Å². The van der Waals surface area contributed by atoms with Gasteiger partial charge in [0.15, 0.2) is 0 Å². The summed E-state index contributed by atoms with van der Waals surface area (Å²) in [5.74, 6) is 0. The van der Waals surface area contributed by atoms with Gasteiger partial charge >= 0.3 is 6.18 Å². The molecule has 1 aromatic heterocycles. The average molecular weight is 300 g/mol. The van der Waals surface area contributed by atoms with E-state index in [1.54, 1.807) is 6.20 Å². The van der Waals surface area contributed by atoms with Crippen LogP contribution in [-0.4, -0.2) is 18.1 Å². The smallest absolute Gasteiger partial charge is 0.317 e. The number of hydrogen-bond donors (Lipinski definition) is 1. The van der Waals surface area contributed by atoms with Crippen LogP contribution in [0.1, 0.15) is 17.4 Å². The van der Waals surface area contributed by atoms with E-state index >= 15 is 0 Å². The van der Waals surface area contributed by atoms with Gasteiger partial charge in [0.1, 0.15) is 5.01 Å². The fraction of sp³-hybridized carbons (Fsp3) is 0.357. The Morgan fingerprint density at radius 2 is 1.90 bits per heavy atom. The van der Waals surface area contributed by atoms with Crippen LogP contribution in [0.4, 0.5) is 13.2 Å². The molecule has 0 saturated carbocycles. The van der Waals surface area contributed by atoms with E-state index in [-0.39, 0.29) is 0 Å². The Hall–Kier alpha value is -1.40. The molecule has 0 fully saturated rings. The van der Waals surface area contributed by atoms with Crippen LogP contribution in [0.15, 0.2) is 30.5 Å². The van der Waals surface area contributed by atoms with Gasteiger partial charge in [0.25, 0.3) is 0 Å². The molecule has 1 aromatic carbocycles. The zero-order chi connectivity index (χ0) is 14.8. The molecule has 1 atom stereocenters. The fourth-order valence-corrected chi connectivity index (χ4v) is 2.79. The monoisotopic (exact) mass is 300 g/mol. The minimum atomic E-state index is -4.30. The molecule has 0 spiro atoms. The van der Waals surface area contributed by atoms with Crippen LogP contribution in [0.3, 0.4) is 0 Å². The van der Waals surface area contributed by atoms with Crippen molar-refractivity contribution in [3.8, 4) is 10.6 Å².